The number of nitrogens with zero attached hydrogens (tertiary/aromatic N) is 3. The molecule has 5 heterocycles. The molecule has 0 spiro atoms. The van der Waals surface area contributed by atoms with Gasteiger partial charge in [0.05, 0.1) is 23.3 Å². The smallest absolute Gasteiger partial charge is 0.251 e. The van der Waals surface area contributed by atoms with Crippen LogP contribution in [0.25, 0.3) is 11.0 Å². The maximum atomic E-state index is 14.7. The Morgan fingerprint density at radius 1 is 1.14 bits per heavy atom. The number of aliphatic hydroxyl groups is 1. The number of likely N-dealkylation sites (tertiary alicyclic amines) is 1. The molecule has 6 rings (SSSR count). The number of hydrogen-bond donors (Lipinski definition) is 2. The summed E-state index contributed by atoms with van der Waals surface area (Å²) in [6.07, 6.45) is 1.48. The summed E-state index contributed by atoms with van der Waals surface area (Å²) in [5.74, 6) is 1.01. The fraction of sp³-hybridized carbons (Fsp3) is 0.440. The number of pyridine rings is 2. The molecule has 1 aromatic carbocycles. The molecule has 186 valence electrons. The highest BCUT2D eigenvalue weighted by Crippen LogP contribution is 2.35. The third-order valence-corrected chi connectivity index (χ3v) is 7.12. The zero-order valence-electron chi connectivity index (χ0n) is 19.2. The van der Waals surface area contributed by atoms with Gasteiger partial charge in [-0.2, -0.15) is 0 Å². The third kappa shape index (κ3) is 4.49. The number of β-amino-alcohol motifs (C(OH)–C–C–N with tert-alkyl or cyclic N) is 1. The fourth-order valence-corrected chi connectivity index (χ4v) is 5.45. The summed E-state index contributed by atoms with van der Waals surface area (Å²) in [6, 6.07) is 9.02. The number of aliphatic hydroxyl groups excluding tert-OH is 1. The lowest BCUT2D eigenvalue weighted by molar-refractivity contribution is 0.0368. The molecule has 3 aliphatic heterocycles. The van der Waals surface area contributed by atoms with E-state index >= 15 is 0 Å². The minimum absolute atomic E-state index is 0. The summed E-state index contributed by atoms with van der Waals surface area (Å²) in [7, 11) is 0. The summed E-state index contributed by atoms with van der Waals surface area (Å²) in [4.78, 5) is 18.7. The summed E-state index contributed by atoms with van der Waals surface area (Å²) >= 11 is 0. The van der Waals surface area contributed by atoms with Gasteiger partial charge in [-0.3, -0.25) is 14.7 Å². The van der Waals surface area contributed by atoms with E-state index in [1.165, 1.54) is 12.3 Å². The number of ether oxygens (including phenoxy) is 2. The van der Waals surface area contributed by atoms with E-state index in [0.717, 1.165) is 30.0 Å². The molecular formula is C25H28ClFN4O4. The Kier molecular flexibility index (Phi) is 6.67. The molecule has 10 heteroatoms. The van der Waals surface area contributed by atoms with Gasteiger partial charge >= 0.3 is 0 Å². The molecule has 3 aliphatic rings. The number of nitrogens with one attached hydrogen (secondary N) is 1. The Balaban J connectivity index is 0.00000253. The Labute approximate surface area is 208 Å². The second-order valence-electron chi connectivity index (χ2n) is 9.31. The van der Waals surface area contributed by atoms with Crippen LogP contribution >= 0.6 is 12.4 Å². The van der Waals surface area contributed by atoms with Crippen LogP contribution in [0.4, 0.5) is 4.39 Å². The molecule has 0 bridgehead atoms. The normalized spacial score (nSPS) is 23.3. The molecule has 1 unspecified atom stereocenters. The van der Waals surface area contributed by atoms with E-state index in [4.69, 9.17) is 9.47 Å². The lowest BCUT2D eigenvalue weighted by Gasteiger charge is -2.37. The number of fused-ring (bicyclic) bond motifs is 1. The number of hydrogen-bond acceptors (Lipinski definition) is 7. The minimum Gasteiger partial charge on any atom is -0.486 e. The lowest BCUT2D eigenvalue weighted by atomic mass is 9.97. The second kappa shape index (κ2) is 9.73. The van der Waals surface area contributed by atoms with E-state index in [-0.39, 0.29) is 35.7 Å². The monoisotopic (exact) mass is 502 g/mol. The quantitative estimate of drug-likeness (QED) is 0.552. The standard InChI is InChI=1S/C25H27FN4O4.ClH/c26-17-11-28-19-2-4-23(32)30-13-16(24(17)25(19)30)12-29-6-5-18(20(31)14-29)27-10-15-1-3-21-22(9-15)34-8-7-33-21;/h1-4,9,11,16,18,20,27,31H,5-8,10,12-14H2;1H/t16?,18-,20+;/m0./s1. The first-order chi connectivity index (χ1) is 16.6. The molecule has 3 atom stereocenters. The summed E-state index contributed by atoms with van der Waals surface area (Å²) in [5, 5.41) is 14.3. The van der Waals surface area contributed by atoms with Crippen molar-refractivity contribution in [1.29, 1.82) is 0 Å². The Morgan fingerprint density at radius 2 is 1.97 bits per heavy atom. The number of aromatic nitrogens is 2. The number of piperidine rings is 1. The van der Waals surface area contributed by atoms with Crippen LogP contribution in [-0.2, 0) is 13.1 Å². The highest BCUT2D eigenvalue weighted by molar-refractivity contribution is 5.85. The van der Waals surface area contributed by atoms with Crippen LogP contribution in [-0.4, -0.2) is 64.6 Å². The van der Waals surface area contributed by atoms with Crippen molar-refractivity contribution in [3.8, 4) is 11.5 Å². The number of rotatable bonds is 5. The van der Waals surface area contributed by atoms with Crippen LogP contribution in [0.3, 0.4) is 0 Å². The molecule has 0 aliphatic carbocycles. The fourth-order valence-electron chi connectivity index (χ4n) is 5.45. The summed E-state index contributed by atoms with van der Waals surface area (Å²) < 4.78 is 27.6. The van der Waals surface area contributed by atoms with Gasteiger partial charge < -0.3 is 24.5 Å². The van der Waals surface area contributed by atoms with Crippen LogP contribution in [0.1, 0.15) is 23.5 Å². The van der Waals surface area contributed by atoms with E-state index in [1.54, 1.807) is 10.6 Å². The van der Waals surface area contributed by atoms with Crippen molar-refractivity contribution in [2.45, 2.75) is 37.6 Å². The van der Waals surface area contributed by atoms with E-state index in [9.17, 15) is 14.3 Å². The predicted molar refractivity (Wildman–Crippen MR) is 131 cm³/mol. The van der Waals surface area contributed by atoms with E-state index in [0.29, 0.717) is 56.0 Å². The molecule has 1 saturated heterocycles. The minimum atomic E-state index is -0.542. The van der Waals surface area contributed by atoms with Crippen LogP contribution < -0.4 is 20.3 Å². The summed E-state index contributed by atoms with van der Waals surface area (Å²) in [6.45, 7) is 4.05. The van der Waals surface area contributed by atoms with Crippen LogP contribution in [0.2, 0.25) is 0 Å². The van der Waals surface area contributed by atoms with E-state index < -0.39 is 6.10 Å². The Bertz CT molecular complexity index is 1300. The first-order valence-electron chi connectivity index (χ1n) is 11.8. The first-order valence-corrected chi connectivity index (χ1v) is 11.8. The van der Waals surface area contributed by atoms with Gasteiger partial charge in [-0.1, -0.05) is 6.07 Å². The van der Waals surface area contributed by atoms with Crippen molar-refractivity contribution < 1.29 is 19.0 Å². The van der Waals surface area contributed by atoms with Crippen molar-refractivity contribution in [3.63, 3.8) is 0 Å². The van der Waals surface area contributed by atoms with Gasteiger partial charge in [0.2, 0.25) is 0 Å². The third-order valence-electron chi connectivity index (χ3n) is 7.12. The van der Waals surface area contributed by atoms with Crippen molar-refractivity contribution in [1.82, 2.24) is 19.8 Å². The highest BCUT2D eigenvalue weighted by atomic mass is 35.5. The predicted octanol–water partition coefficient (Wildman–Crippen LogP) is 2.05. The molecule has 2 N–H and O–H groups in total. The maximum absolute atomic E-state index is 14.7. The van der Waals surface area contributed by atoms with E-state index in [2.05, 4.69) is 15.2 Å². The van der Waals surface area contributed by atoms with Gasteiger partial charge in [-0.25, -0.2) is 4.39 Å². The van der Waals surface area contributed by atoms with Crippen molar-refractivity contribution in [2.75, 3.05) is 32.8 Å². The van der Waals surface area contributed by atoms with Gasteiger partial charge in [0.15, 0.2) is 11.5 Å². The number of halogens is 2. The largest absolute Gasteiger partial charge is 0.486 e. The van der Waals surface area contributed by atoms with Gasteiger partial charge in [0.25, 0.3) is 5.56 Å². The molecule has 0 amide bonds. The van der Waals surface area contributed by atoms with Crippen LogP contribution in [0.5, 0.6) is 11.5 Å². The molecule has 8 nitrogen and oxygen atoms in total. The van der Waals surface area contributed by atoms with E-state index in [1.807, 2.05) is 18.2 Å². The first kappa shape index (κ1) is 24.0. The van der Waals surface area contributed by atoms with Crippen molar-refractivity contribution in [2.24, 2.45) is 0 Å². The average Bonchev–Trinajstić information content (AvgIpc) is 3.23. The molecule has 2 aromatic heterocycles. The molecular weight excluding hydrogens is 475 g/mol. The van der Waals surface area contributed by atoms with Gasteiger partial charge in [-0.15, -0.1) is 12.4 Å². The molecule has 1 fully saturated rings. The van der Waals surface area contributed by atoms with Gasteiger partial charge in [0, 0.05) is 49.8 Å². The van der Waals surface area contributed by atoms with Gasteiger partial charge in [0.1, 0.15) is 19.0 Å². The van der Waals surface area contributed by atoms with Gasteiger partial charge in [-0.05, 0) is 36.7 Å². The highest BCUT2D eigenvalue weighted by Gasteiger charge is 2.34. The zero-order valence-corrected chi connectivity index (χ0v) is 20.0. The summed E-state index contributed by atoms with van der Waals surface area (Å²) in [5.41, 5.74) is 2.75. The molecule has 35 heavy (non-hydrogen) atoms. The molecule has 0 saturated carbocycles. The number of benzene rings is 1. The Hall–Kier alpha value is -2.72. The second-order valence-corrected chi connectivity index (χ2v) is 9.31. The maximum Gasteiger partial charge on any atom is 0.251 e. The van der Waals surface area contributed by atoms with Crippen molar-refractivity contribution >= 4 is 23.4 Å². The molecule has 0 radical (unpaired) electrons. The average molecular weight is 503 g/mol. The lowest BCUT2D eigenvalue weighted by Crippen LogP contribution is -2.53. The van der Waals surface area contributed by atoms with Crippen LogP contribution in [0.15, 0.2) is 41.3 Å². The SMILES string of the molecule is Cl.O=c1ccc2ncc(F)c3c2n1CC3CN1CC[C@H](NCc2ccc3c(c2)OCCO3)[C@H](O)C1. The molecule has 3 aromatic rings. The van der Waals surface area contributed by atoms with Crippen LogP contribution in [0, 0.1) is 5.82 Å². The Morgan fingerprint density at radius 3 is 2.80 bits per heavy atom. The topological polar surface area (TPSA) is 88.9 Å². The zero-order chi connectivity index (χ0) is 23.2. The van der Waals surface area contributed by atoms with Crippen molar-refractivity contribution in [3.05, 3.63) is 63.8 Å².